The van der Waals surface area contributed by atoms with Crippen LogP contribution in [0, 0.1) is 6.92 Å². The second-order valence-corrected chi connectivity index (χ2v) is 10.5. The summed E-state index contributed by atoms with van der Waals surface area (Å²) in [5, 5.41) is 19.6. The number of aliphatic carboxylic acids is 1. The van der Waals surface area contributed by atoms with Crippen LogP contribution in [-0.2, 0) is 24.3 Å². The standard InChI is InChI=1S/C23H30N4O6S.C2HF3O2/c1-17-5-3-4-6-21(17)34(31,32)25-20-8-7-18(15-19(20)23(29)30)27-12-10-26(11-13-27)16-22(28)24-9-14-33-2;3-2(4,5)1(6)7/h3-8,15,25H,9-14,16H2,1-2H3,(H,24,28)(H,29,30);(H,6,7). The number of carboxylic acid groups (broad SMARTS) is 2. The lowest BCUT2D eigenvalue weighted by Gasteiger charge is -2.36. The zero-order valence-electron chi connectivity index (χ0n) is 22.3. The predicted octanol–water partition coefficient (Wildman–Crippen LogP) is 2.01. The van der Waals surface area contributed by atoms with Gasteiger partial charge < -0.3 is 25.2 Å². The molecule has 16 heteroatoms. The van der Waals surface area contributed by atoms with Crippen LogP contribution in [0.15, 0.2) is 47.4 Å². The summed E-state index contributed by atoms with van der Waals surface area (Å²) in [4.78, 5) is 36.9. The van der Waals surface area contributed by atoms with Crippen LogP contribution in [0.1, 0.15) is 15.9 Å². The van der Waals surface area contributed by atoms with E-state index in [4.69, 9.17) is 14.6 Å². The van der Waals surface area contributed by atoms with E-state index < -0.39 is 28.1 Å². The first-order valence-electron chi connectivity index (χ1n) is 12.1. The predicted molar refractivity (Wildman–Crippen MR) is 143 cm³/mol. The molecule has 1 fully saturated rings. The molecule has 0 bridgehead atoms. The van der Waals surface area contributed by atoms with E-state index in [1.807, 2.05) is 9.80 Å². The number of benzene rings is 2. The van der Waals surface area contributed by atoms with Gasteiger partial charge in [0.1, 0.15) is 0 Å². The first kappa shape index (κ1) is 33.3. The molecule has 0 radical (unpaired) electrons. The van der Waals surface area contributed by atoms with Gasteiger partial charge in [0.05, 0.1) is 29.3 Å². The Bertz CT molecular complexity index is 1330. The van der Waals surface area contributed by atoms with Crippen molar-refractivity contribution in [3.63, 3.8) is 0 Å². The maximum atomic E-state index is 12.8. The van der Waals surface area contributed by atoms with Crippen LogP contribution in [0.25, 0.3) is 0 Å². The summed E-state index contributed by atoms with van der Waals surface area (Å²) in [5.74, 6) is -4.05. The smallest absolute Gasteiger partial charge is 0.478 e. The summed E-state index contributed by atoms with van der Waals surface area (Å²) in [6.07, 6.45) is -5.08. The molecule has 3 rings (SSSR count). The van der Waals surface area contributed by atoms with Gasteiger partial charge in [-0.3, -0.25) is 14.4 Å². The number of methoxy groups -OCH3 is 1. The molecule has 1 aliphatic rings. The highest BCUT2D eigenvalue weighted by Crippen LogP contribution is 2.27. The molecule has 2 aromatic rings. The Morgan fingerprint density at radius 2 is 1.63 bits per heavy atom. The van der Waals surface area contributed by atoms with Crippen LogP contribution in [0.5, 0.6) is 0 Å². The molecule has 226 valence electrons. The lowest BCUT2D eigenvalue weighted by atomic mass is 10.1. The van der Waals surface area contributed by atoms with Gasteiger partial charge in [-0.05, 0) is 36.8 Å². The minimum absolute atomic E-state index is 0.00543. The highest BCUT2D eigenvalue weighted by molar-refractivity contribution is 7.92. The van der Waals surface area contributed by atoms with Crippen molar-refractivity contribution in [3.05, 3.63) is 53.6 Å². The molecule has 12 nitrogen and oxygen atoms in total. The molecule has 4 N–H and O–H groups in total. The molecular weight excluding hydrogens is 573 g/mol. The number of carbonyl (C=O) groups is 3. The van der Waals surface area contributed by atoms with Crippen LogP contribution >= 0.6 is 0 Å². The highest BCUT2D eigenvalue weighted by atomic mass is 32.2. The van der Waals surface area contributed by atoms with Crippen molar-refractivity contribution in [2.75, 3.05) is 62.6 Å². The average molecular weight is 605 g/mol. The number of carboxylic acids is 2. The number of aryl methyl sites for hydroxylation is 1. The normalized spacial score (nSPS) is 14.0. The molecule has 0 atom stereocenters. The molecular formula is C25H31F3N4O8S. The van der Waals surface area contributed by atoms with E-state index in [-0.39, 0.29) is 28.6 Å². The number of halogens is 3. The summed E-state index contributed by atoms with van der Waals surface area (Å²) in [7, 11) is -2.37. The van der Waals surface area contributed by atoms with Gasteiger partial charge in [-0.2, -0.15) is 13.2 Å². The number of nitrogens with one attached hydrogen (secondary N) is 2. The van der Waals surface area contributed by atoms with Crippen LogP contribution in [-0.4, -0.2) is 101 Å². The Morgan fingerprint density at radius 3 is 2.17 bits per heavy atom. The Hall–Kier alpha value is -3.89. The fourth-order valence-corrected chi connectivity index (χ4v) is 5.10. The van der Waals surface area contributed by atoms with Crippen molar-refractivity contribution in [3.8, 4) is 0 Å². The van der Waals surface area contributed by atoms with E-state index in [0.29, 0.717) is 50.6 Å². The minimum Gasteiger partial charge on any atom is -0.478 e. The van der Waals surface area contributed by atoms with E-state index in [2.05, 4.69) is 10.0 Å². The third-order valence-electron chi connectivity index (χ3n) is 5.84. The van der Waals surface area contributed by atoms with E-state index in [0.717, 1.165) is 0 Å². The van der Waals surface area contributed by atoms with E-state index in [1.165, 1.54) is 18.2 Å². The molecule has 0 saturated carbocycles. The van der Waals surface area contributed by atoms with Crippen molar-refractivity contribution < 1.29 is 50.9 Å². The van der Waals surface area contributed by atoms with Crippen molar-refractivity contribution in [1.82, 2.24) is 10.2 Å². The Kier molecular flexibility index (Phi) is 11.9. The number of anilines is 2. The number of hydrogen-bond acceptors (Lipinski definition) is 8. The molecule has 0 spiro atoms. The third kappa shape index (κ3) is 10.2. The monoisotopic (exact) mass is 604 g/mol. The molecule has 0 aliphatic carbocycles. The minimum atomic E-state index is -5.08. The summed E-state index contributed by atoms with van der Waals surface area (Å²) >= 11 is 0. The number of carbonyl (C=O) groups excluding carboxylic acids is 1. The molecule has 1 saturated heterocycles. The van der Waals surface area contributed by atoms with Gasteiger partial charge in [-0.25, -0.2) is 18.0 Å². The first-order valence-corrected chi connectivity index (χ1v) is 13.6. The van der Waals surface area contributed by atoms with Gasteiger partial charge in [-0.15, -0.1) is 0 Å². The number of piperazine rings is 1. The average Bonchev–Trinajstić information content (AvgIpc) is 2.89. The molecule has 0 aromatic heterocycles. The fourth-order valence-electron chi connectivity index (χ4n) is 3.77. The topological polar surface area (TPSA) is 166 Å². The van der Waals surface area contributed by atoms with Crippen LogP contribution in [0.2, 0.25) is 0 Å². The van der Waals surface area contributed by atoms with Gasteiger partial charge in [-0.1, -0.05) is 18.2 Å². The molecule has 1 amide bonds. The van der Waals surface area contributed by atoms with E-state index in [1.54, 1.807) is 38.3 Å². The number of nitrogens with zero attached hydrogens (tertiary/aromatic N) is 2. The van der Waals surface area contributed by atoms with Gasteiger partial charge in [0.25, 0.3) is 10.0 Å². The highest BCUT2D eigenvalue weighted by Gasteiger charge is 2.38. The molecule has 0 unspecified atom stereocenters. The maximum absolute atomic E-state index is 12.8. The SMILES string of the molecule is COCCNC(=O)CN1CCN(c2ccc(NS(=O)(=O)c3ccccc3C)c(C(=O)O)c2)CC1.O=C(O)C(F)(F)F. The Labute approximate surface area is 234 Å². The first-order chi connectivity index (χ1) is 19.2. The number of rotatable bonds is 10. The lowest BCUT2D eigenvalue weighted by molar-refractivity contribution is -0.192. The second kappa shape index (κ2) is 14.7. The van der Waals surface area contributed by atoms with Crippen molar-refractivity contribution in [2.24, 2.45) is 0 Å². The summed E-state index contributed by atoms with van der Waals surface area (Å²) < 4.78 is 64.7. The van der Waals surface area contributed by atoms with Gasteiger partial charge in [0.2, 0.25) is 5.91 Å². The quantitative estimate of drug-likeness (QED) is 0.295. The number of ether oxygens (including phenoxy) is 1. The second-order valence-electron chi connectivity index (χ2n) is 8.81. The van der Waals surface area contributed by atoms with Crippen molar-refractivity contribution >= 4 is 39.2 Å². The van der Waals surface area contributed by atoms with Crippen LogP contribution in [0.3, 0.4) is 0 Å². The largest absolute Gasteiger partial charge is 0.490 e. The van der Waals surface area contributed by atoms with Crippen LogP contribution in [0.4, 0.5) is 24.5 Å². The lowest BCUT2D eigenvalue weighted by Crippen LogP contribution is -2.49. The van der Waals surface area contributed by atoms with Gasteiger partial charge in [0, 0.05) is 45.5 Å². The van der Waals surface area contributed by atoms with Crippen molar-refractivity contribution in [1.29, 1.82) is 0 Å². The number of sulfonamides is 1. The number of hydrogen-bond donors (Lipinski definition) is 4. The van der Waals surface area contributed by atoms with E-state index in [9.17, 15) is 36.3 Å². The summed E-state index contributed by atoms with van der Waals surface area (Å²) in [6.45, 7) is 5.40. The molecule has 41 heavy (non-hydrogen) atoms. The molecule has 1 aliphatic heterocycles. The zero-order chi connectivity index (χ0) is 30.8. The molecule has 2 aromatic carbocycles. The fraction of sp³-hybridized carbons (Fsp3) is 0.400. The number of amides is 1. The van der Waals surface area contributed by atoms with Crippen LogP contribution < -0.4 is 14.9 Å². The number of alkyl halides is 3. The Morgan fingerprint density at radius 1 is 1.02 bits per heavy atom. The summed E-state index contributed by atoms with van der Waals surface area (Å²) in [6, 6.07) is 11.2. The van der Waals surface area contributed by atoms with Gasteiger partial charge in [0.15, 0.2) is 0 Å². The third-order valence-corrected chi connectivity index (χ3v) is 7.36. The van der Waals surface area contributed by atoms with E-state index >= 15 is 0 Å². The van der Waals surface area contributed by atoms with Gasteiger partial charge >= 0.3 is 18.1 Å². The van der Waals surface area contributed by atoms with Crippen molar-refractivity contribution in [2.45, 2.75) is 18.0 Å². The maximum Gasteiger partial charge on any atom is 0.490 e. The Balaban J connectivity index is 0.000000745. The number of aromatic carboxylic acids is 1. The zero-order valence-corrected chi connectivity index (χ0v) is 23.1. The summed E-state index contributed by atoms with van der Waals surface area (Å²) in [5.41, 5.74) is 1.12. The molecule has 1 heterocycles.